The van der Waals surface area contributed by atoms with Crippen molar-refractivity contribution >= 4 is 17.6 Å². The molecule has 2 aliphatic rings. The van der Waals surface area contributed by atoms with Crippen LogP contribution in [0.15, 0.2) is 30.3 Å². The molecular weight excluding hydrogens is 356 g/mol. The van der Waals surface area contributed by atoms with Crippen LogP contribution in [0, 0.1) is 0 Å². The first kappa shape index (κ1) is 18.5. The van der Waals surface area contributed by atoms with E-state index in [2.05, 4.69) is 26.1 Å². The molecule has 8 heteroatoms. The summed E-state index contributed by atoms with van der Waals surface area (Å²) in [6.07, 6.45) is 3.77. The number of piperidine rings is 1. The van der Waals surface area contributed by atoms with E-state index in [1.54, 1.807) is 0 Å². The number of rotatable bonds is 4. The number of carbonyl (C=O) groups is 2. The van der Waals surface area contributed by atoms with Gasteiger partial charge in [0, 0.05) is 55.6 Å². The quantitative estimate of drug-likeness (QED) is 0.648. The zero-order valence-electron chi connectivity index (χ0n) is 15.8. The molecule has 0 aliphatic carbocycles. The van der Waals surface area contributed by atoms with Gasteiger partial charge in [-0.25, -0.2) is 4.79 Å². The standard InChI is InChI=1S/C20H26N6O2/c27-19(18-16-13-21-10-9-17(16)24-25-18)26-11-5-4-8-15(26)12-22-20(28)23-14-6-2-1-3-7-14/h1-3,6-7,15,21H,4-5,8-13H2,(H,24,25)(H2,22,23,28). The van der Waals surface area contributed by atoms with Crippen LogP contribution in [0.3, 0.4) is 0 Å². The van der Waals surface area contributed by atoms with Crippen LogP contribution < -0.4 is 16.0 Å². The molecule has 1 atom stereocenters. The van der Waals surface area contributed by atoms with Crippen molar-refractivity contribution in [3.8, 4) is 0 Å². The number of likely N-dealkylation sites (tertiary alicyclic amines) is 1. The number of amides is 3. The van der Waals surface area contributed by atoms with E-state index in [-0.39, 0.29) is 18.0 Å². The number of anilines is 1. The highest BCUT2D eigenvalue weighted by molar-refractivity contribution is 5.94. The predicted molar refractivity (Wildman–Crippen MR) is 106 cm³/mol. The number of benzene rings is 1. The molecule has 0 radical (unpaired) electrons. The van der Waals surface area contributed by atoms with Gasteiger partial charge in [-0.1, -0.05) is 18.2 Å². The van der Waals surface area contributed by atoms with Gasteiger partial charge in [0.2, 0.25) is 0 Å². The van der Waals surface area contributed by atoms with Gasteiger partial charge in [0.05, 0.1) is 0 Å². The zero-order valence-corrected chi connectivity index (χ0v) is 15.8. The highest BCUT2D eigenvalue weighted by atomic mass is 16.2. The smallest absolute Gasteiger partial charge is 0.319 e. The molecule has 28 heavy (non-hydrogen) atoms. The van der Waals surface area contributed by atoms with E-state index >= 15 is 0 Å². The molecule has 4 N–H and O–H groups in total. The second-order valence-electron chi connectivity index (χ2n) is 7.31. The van der Waals surface area contributed by atoms with Gasteiger partial charge < -0.3 is 20.9 Å². The van der Waals surface area contributed by atoms with Crippen molar-refractivity contribution in [1.82, 2.24) is 25.7 Å². The molecule has 0 bridgehead atoms. The average molecular weight is 382 g/mol. The summed E-state index contributed by atoms with van der Waals surface area (Å²) < 4.78 is 0. The number of hydrogen-bond donors (Lipinski definition) is 4. The molecule has 4 rings (SSSR count). The Morgan fingerprint density at radius 2 is 2.07 bits per heavy atom. The van der Waals surface area contributed by atoms with Crippen molar-refractivity contribution in [2.75, 3.05) is 25.0 Å². The van der Waals surface area contributed by atoms with Crippen LogP contribution in [0.5, 0.6) is 0 Å². The Hall–Kier alpha value is -2.87. The molecular formula is C20H26N6O2. The molecule has 2 aliphatic heterocycles. The SMILES string of the molecule is O=C(NCC1CCCCN1C(=O)c1n[nH]c2c1CNCC2)Nc1ccccc1. The molecule has 3 amide bonds. The maximum absolute atomic E-state index is 13.2. The lowest BCUT2D eigenvalue weighted by atomic mass is 10.00. The number of urea groups is 1. The molecule has 3 heterocycles. The van der Waals surface area contributed by atoms with E-state index in [9.17, 15) is 9.59 Å². The second kappa shape index (κ2) is 8.43. The molecule has 0 saturated carbocycles. The van der Waals surface area contributed by atoms with Crippen LogP contribution >= 0.6 is 0 Å². The minimum Gasteiger partial charge on any atom is -0.336 e. The molecule has 2 aromatic rings. The van der Waals surface area contributed by atoms with Gasteiger partial charge in [0.15, 0.2) is 5.69 Å². The van der Waals surface area contributed by atoms with Crippen molar-refractivity contribution in [1.29, 1.82) is 0 Å². The van der Waals surface area contributed by atoms with E-state index in [0.29, 0.717) is 25.3 Å². The molecule has 1 saturated heterocycles. The molecule has 1 aromatic heterocycles. The fourth-order valence-corrected chi connectivity index (χ4v) is 3.93. The first-order chi connectivity index (χ1) is 13.7. The van der Waals surface area contributed by atoms with E-state index < -0.39 is 0 Å². The van der Waals surface area contributed by atoms with Gasteiger partial charge in [-0.15, -0.1) is 0 Å². The third-order valence-corrected chi connectivity index (χ3v) is 5.43. The second-order valence-corrected chi connectivity index (χ2v) is 7.31. The predicted octanol–water partition coefficient (Wildman–Crippen LogP) is 1.87. The van der Waals surface area contributed by atoms with Gasteiger partial charge in [-0.3, -0.25) is 9.89 Å². The van der Waals surface area contributed by atoms with Gasteiger partial charge in [-0.05, 0) is 31.4 Å². The summed E-state index contributed by atoms with van der Waals surface area (Å²) in [5.41, 5.74) is 3.29. The van der Waals surface area contributed by atoms with Gasteiger partial charge in [-0.2, -0.15) is 5.10 Å². The lowest BCUT2D eigenvalue weighted by Crippen LogP contribution is -2.50. The van der Waals surface area contributed by atoms with Crippen LogP contribution in [-0.4, -0.2) is 52.7 Å². The van der Waals surface area contributed by atoms with Crippen molar-refractivity contribution in [3.05, 3.63) is 47.3 Å². The summed E-state index contributed by atoms with van der Waals surface area (Å²) in [6.45, 7) is 2.69. The van der Waals surface area contributed by atoms with Crippen LogP contribution in [0.25, 0.3) is 0 Å². The minimum atomic E-state index is -0.259. The van der Waals surface area contributed by atoms with Gasteiger partial charge in [0.25, 0.3) is 5.91 Å². The average Bonchev–Trinajstić information content (AvgIpc) is 3.17. The Bertz CT molecular complexity index is 834. The first-order valence-corrected chi connectivity index (χ1v) is 9.90. The first-order valence-electron chi connectivity index (χ1n) is 9.90. The van der Waals surface area contributed by atoms with Crippen molar-refractivity contribution < 1.29 is 9.59 Å². The summed E-state index contributed by atoms with van der Waals surface area (Å²) in [5, 5.41) is 16.4. The Morgan fingerprint density at radius 1 is 1.21 bits per heavy atom. The number of aromatic amines is 1. The Morgan fingerprint density at radius 3 is 2.93 bits per heavy atom. The fraction of sp³-hybridized carbons (Fsp3) is 0.450. The van der Waals surface area contributed by atoms with Gasteiger partial charge in [0.1, 0.15) is 0 Å². The van der Waals surface area contributed by atoms with Crippen LogP contribution in [0.1, 0.15) is 41.0 Å². The maximum atomic E-state index is 13.2. The number of hydrogen-bond acceptors (Lipinski definition) is 4. The molecule has 1 unspecified atom stereocenters. The van der Waals surface area contributed by atoms with Crippen LogP contribution in [-0.2, 0) is 13.0 Å². The number of nitrogens with zero attached hydrogens (tertiary/aromatic N) is 2. The molecule has 8 nitrogen and oxygen atoms in total. The third-order valence-electron chi connectivity index (χ3n) is 5.43. The highest BCUT2D eigenvalue weighted by Crippen LogP contribution is 2.22. The van der Waals surface area contributed by atoms with E-state index in [4.69, 9.17) is 0 Å². The molecule has 1 aromatic carbocycles. The zero-order chi connectivity index (χ0) is 19.3. The monoisotopic (exact) mass is 382 g/mol. The number of aromatic nitrogens is 2. The van der Waals surface area contributed by atoms with Crippen molar-refractivity contribution in [3.63, 3.8) is 0 Å². The van der Waals surface area contributed by atoms with E-state index in [1.807, 2.05) is 35.2 Å². The third kappa shape index (κ3) is 4.01. The minimum absolute atomic E-state index is 0.0216. The maximum Gasteiger partial charge on any atom is 0.319 e. The Kier molecular flexibility index (Phi) is 5.57. The molecule has 148 valence electrons. The number of para-hydroxylation sites is 1. The van der Waals surface area contributed by atoms with Crippen molar-refractivity contribution in [2.24, 2.45) is 0 Å². The molecule has 1 fully saturated rings. The normalized spacial score (nSPS) is 19.0. The molecule has 0 spiro atoms. The summed E-state index contributed by atoms with van der Waals surface area (Å²) in [7, 11) is 0. The number of H-pyrrole nitrogens is 1. The van der Waals surface area contributed by atoms with E-state index in [1.165, 1.54) is 0 Å². The summed E-state index contributed by atoms with van der Waals surface area (Å²) in [4.78, 5) is 27.2. The van der Waals surface area contributed by atoms with E-state index in [0.717, 1.165) is 49.2 Å². The lowest BCUT2D eigenvalue weighted by molar-refractivity contribution is 0.0608. The summed E-state index contributed by atoms with van der Waals surface area (Å²) in [6, 6.07) is 9.04. The largest absolute Gasteiger partial charge is 0.336 e. The number of fused-ring (bicyclic) bond motifs is 1. The highest BCUT2D eigenvalue weighted by Gasteiger charge is 2.31. The topological polar surface area (TPSA) is 102 Å². The lowest BCUT2D eigenvalue weighted by Gasteiger charge is -2.35. The van der Waals surface area contributed by atoms with Crippen molar-refractivity contribution in [2.45, 2.75) is 38.3 Å². The van der Waals surface area contributed by atoms with Crippen LogP contribution in [0.2, 0.25) is 0 Å². The Balaban J connectivity index is 1.39. The number of nitrogens with one attached hydrogen (secondary N) is 4. The van der Waals surface area contributed by atoms with Gasteiger partial charge >= 0.3 is 6.03 Å². The summed E-state index contributed by atoms with van der Waals surface area (Å²) >= 11 is 0. The number of carbonyl (C=O) groups excluding carboxylic acids is 2. The fourth-order valence-electron chi connectivity index (χ4n) is 3.93. The Labute approximate surface area is 164 Å². The van der Waals surface area contributed by atoms with Crippen LogP contribution in [0.4, 0.5) is 10.5 Å². The summed E-state index contributed by atoms with van der Waals surface area (Å²) in [5.74, 6) is -0.0452.